The summed E-state index contributed by atoms with van der Waals surface area (Å²) in [4.78, 5) is 1.39. The summed E-state index contributed by atoms with van der Waals surface area (Å²) in [6.07, 6.45) is 0. The van der Waals surface area contributed by atoms with E-state index in [0.29, 0.717) is 6.54 Å². The molecule has 0 heterocycles. The molecule has 0 aliphatic carbocycles. The highest BCUT2D eigenvalue weighted by Crippen LogP contribution is 2.38. The second kappa shape index (κ2) is 5.26. The maximum Gasteiger partial charge on any atom is 0.0273 e. The fourth-order valence-electron chi connectivity index (χ4n) is 1.86. The van der Waals surface area contributed by atoms with E-state index in [1.165, 1.54) is 21.6 Å². The molecule has 0 saturated carbocycles. The molecule has 1 aromatic rings. The molecule has 0 amide bonds. The average Bonchev–Trinajstić information content (AvgIpc) is 2.22. The highest BCUT2D eigenvalue weighted by atomic mass is 32.2. The van der Waals surface area contributed by atoms with Crippen molar-refractivity contribution in [3.63, 3.8) is 0 Å². The average molecular weight is 265 g/mol. The number of nitrogens with two attached hydrogens (primary N) is 1. The summed E-state index contributed by atoms with van der Waals surface area (Å²) in [6, 6.07) is 4.64. The zero-order valence-electron chi connectivity index (χ0n) is 12.8. The molecule has 2 heteroatoms. The molecule has 0 atom stereocenters. The number of thioether (sulfide) groups is 1. The molecule has 0 fully saturated rings. The lowest BCUT2D eigenvalue weighted by molar-refractivity contribution is 0.588. The first-order chi connectivity index (χ1) is 8.07. The highest BCUT2D eigenvalue weighted by molar-refractivity contribution is 8.00. The van der Waals surface area contributed by atoms with Gasteiger partial charge in [0.05, 0.1) is 0 Å². The molecule has 102 valence electrons. The van der Waals surface area contributed by atoms with Gasteiger partial charge in [0.15, 0.2) is 0 Å². The van der Waals surface area contributed by atoms with E-state index in [1.54, 1.807) is 0 Å². The smallest absolute Gasteiger partial charge is 0.0273 e. The maximum absolute atomic E-state index is 5.83. The fraction of sp³-hybridized carbons (Fsp3) is 0.625. The Hall–Kier alpha value is -0.470. The Balaban J connectivity index is 3.18. The van der Waals surface area contributed by atoms with Gasteiger partial charge in [-0.2, -0.15) is 0 Å². The minimum atomic E-state index is 0.0960. The second-order valence-corrected chi connectivity index (χ2v) is 8.47. The van der Waals surface area contributed by atoms with Crippen molar-refractivity contribution in [3.8, 4) is 0 Å². The van der Waals surface area contributed by atoms with Crippen LogP contribution in [-0.4, -0.2) is 11.3 Å². The van der Waals surface area contributed by atoms with Crippen molar-refractivity contribution in [1.29, 1.82) is 0 Å². The van der Waals surface area contributed by atoms with E-state index in [-0.39, 0.29) is 10.2 Å². The van der Waals surface area contributed by atoms with Gasteiger partial charge >= 0.3 is 0 Å². The van der Waals surface area contributed by atoms with E-state index >= 15 is 0 Å². The first-order valence-electron chi connectivity index (χ1n) is 6.57. The van der Waals surface area contributed by atoms with Gasteiger partial charge in [-0.25, -0.2) is 0 Å². The van der Waals surface area contributed by atoms with Crippen molar-refractivity contribution in [3.05, 3.63) is 28.8 Å². The van der Waals surface area contributed by atoms with E-state index in [1.807, 2.05) is 11.8 Å². The summed E-state index contributed by atoms with van der Waals surface area (Å²) in [5.74, 6) is 0. The molecule has 0 bridgehead atoms. The Morgan fingerprint density at radius 3 is 1.78 bits per heavy atom. The van der Waals surface area contributed by atoms with Gasteiger partial charge in [0.2, 0.25) is 0 Å². The van der Waals surface area contributed by atoms with Crippen LogP contribution in [0.2, 0.25) is 0 Å². The van der Waals surface area contributed by atoms with Gasteiger partial charge in [0, 0.05) is 16.2 Å². The summed E-state index contributed by atoms with van der Waals surface area (Å²) >= 11 is 1.89. The van der Waals surface area contributed by atoms with Crippen molar-refractivity contribution in [2.45, 2.75) is 63.5 Å². The Labute approximate surface area is 117 Å². The SMILES string of the molecule is Cc1cc(C(C)(C)C)cc(C)c1SC(C)(C)CN. The molecule has 2 N–H and O–H groups in total. The third-order valence-electron chi connectivity index (χ3n) is 3.20. The molecule has 0 aromatic heterocycles. The lowest BCUT2D eigenvalue weighted by Crippen LogP contribution is -2.27. The van der Waals surface area contributed by atoms with Gasteiger partial charge < -0.3 is 5.73 Å². The van der Waals surface area contributed by atoms with Gasteiger partial charge in [-0.1, -0.05) is 32.9 Å². The minimum Gasteiger partial charge on any atom is -0.329 e. The summed E-state index contributed by atoms with van der Waals surface area (Å²) in [7, 11) is 0. The quantitative estimate of drug-likeness (QED) is 0.818. The van der Waals surface area contributed by atoms with Gasteiger partial charge in [-0.3, -0.25) is 0 Å². The lowest BCUT2D eigenvalue weighted by Gasteiger charge is -2.26. The van der Waals surface area contributed by atoms with Crippen LogP contribution in [0.1, 0.15) is 51.3 Å². The van der Waals surface area contributed by atoms with E-state index in [0.717, 1.165) is 0 Å². The first kappa shape index (κ1) is 15.6. The molecule has 0 radical (unpaired) electrons. The Kier molecular flexibility index (Phi) is 4.56. The standard InChI is InChI=1S/C16H27NS/c1-11-8-13(15(3,4)5)9-12(2)14(11)18-16(6,7)10-17/h8-9H,10,17H2,1-7H3. The Morgan fingerprint density at radius 2 is 1.44 bits per heavy atom. The molecular formula is C16H27NS. The summed E-state index contributed by atoms with van der Waals surface area (Å²) in [5, 5.41) is 0. The van der Waals surface area contributed by atoms with E-state index < -0.39 is 0 Å². The minimum absolute atomic E-state index is 0.0960. The molecular weight excluding hydrogens is 238 g/mol. The number of benzene rings is 1. The van der Waals surface area contributed by atoms with Crippen LogP contribution in [0.3, 0.4) is 0 Å². The summed E-state index contributed by atoms with van der Waals surface area (Å²) in [5.41, 5.74) is 10.2. The fourth-order valence-corrected chi connectivity index (χ4v) is 2.94. The molecule has 0 spiro atoms. The number of hydrogen-bond donors (Lipinski definition) is 1. The van der Waals surface area contributed by atoms with Crippen LogP contribution in [0.25, 0.3) is 0 Å². The first-order valence-corrected chi connectivity index (χ1v) is 7.39. The zero-order valence-corrected chi connectivity index (χ0v) is 13.7. The van der Waals surface area contributed by atoms with Crippen molar-refractivity contribution in [2.24, 2.45) is 5.73 Å². The van der Waals surface area contributed by atoms with Crippen LogP contribution in [0.15, 0.2) is 17.0 Å². The Morgan fingerprint density at radius 1 is 1.00 bits per heavy atom. The van der Waals surface area contributed by atoms with E-state index in [4.69, 9.17) is 5.73 Å². The molecule has 0 unspecified atom stereocenters. The molecule has 1 aromatic carbocycles. The normalized spacial score (nSPS) is 12.9. The Bertz CT molecular complexity index is 404. The summed E-state index contributed by atoms with van der Waals surface area (Å²) < 4.78 is 0.0960. The van der Waals surface area contributed by atoms with Crippen LogP contribution >= 0.6 is 11.8 Å². The summed E-state index contributed by atoms with van der Waals surface area (Å²) in [6.45, 7) is 16.3. The topological polar surface area (TPSA) is 26.0 Å². The van der Waals surface area contributed by atoms with Crippen molar-refractivity contribution < 1.29 is 0 Å². The van der Waals surface area contributed by atoms with Crippen LogP contribution < -0.4 is 5.73 Å². The number of aryl methyl sites for hydroxylation is 2. The van der Waals surface area contributed by atoms with Crippen LogP contribution in [0.4, 0.5) is 0 Å². The van der Waals surface area contributed by atoms with E-state index in [9.17, 15) is 0 Å². The van der Waals surface area contributed by atoms with Gasteiger partial charge in [-0.05, 0) is 49.8 Å². The molecule has 1 nitrogen and oxygen atoms in total. The van der Waals surface area contributed by atoms with Crippen LogP contribution in [-0.2, 0) is 5.41 Å². The molecule has 0 aliphatic rings. The third-order valence-corrected chi connectivity index (χ3v) is 4.76. The van der Waals surface area contributed by atoms with Gasteiger partial charge in [0.25, 0.3) is 0 Å². The molecule has 0 aliphatic heterocycles. The largest absolute Gasteiger partial charge is 0.329 e. The predicted octanol–water partition coefficient (Wildman–Crippen LogP) is 4.43. The monoisotopic (exact) mass is 265 g/mol. The van der Waals surface area contributed by atoms with Crippen molar-refractivity contribution in [1.82, 2.24) is 0 Å². The molecule has 18 heavy (non-hydrogen) atoms. The molecule has 0 saturated heterocycles. The highest BCUT2D eigenvalue weighted by Gasteiger charge is 2.21. The second-order valence-electron chi connectivity index (χ2n) is 6.76. The molecule has 1 rings (SSSR count). The van der Waals surface area contributed by atoms with Crippen molar-refractivity contribution in [2.75, 3.05) is 6.54 Å². The van der Waals surface area contributed by atoms with Crippen molar-refractivity contribution >= 4 is 11.8 Å². The lowest BCUT2D eigenvalue weighted by atomic mass is 9.85. The number of rotatable bonds is 3. The van der Waals surface area contributed by atoms with Gasteiger partial charge in [-0.15, -0.1) is 11.8 Å². The predicted molar refractivity (Wildman–Crippen MR) is 83.6 cm³/mol. The maximum atomic E-state index is 5.83. The number of hydrogen-bond acceptors (Lipinski definition) is 2. The van der Waals surface area contributed by atoms with E-state index in [2.05, 4.69) is 60.6 Å². The van der Waals surface area contributed by atoms with Crippen LogP contribution in [0.5, 0.6) is 0 Å². The van der Waals surface area contributed by atoms with Crippen LogP contribution in [0, 0.1) is 13.8 Å². The zero-order chi connectivity index (χ0) is 14.1. The van der Waals surface area contributed by atoms with Gasteiger partial charge in [0.1, 0.15) is 0 Å². The third kappa shape index (κ3) is 3.76.